The highest BCUT2D eigenvalue weighted by Crippen LogP contribution is 2.30. The van der Waals surface area contributed by atoms with Gasteiger partial charge in [0.2, 0.25) is 0 Å². The van der Waals surface area contributed by atoms with Crippen LogP contribution in [0.2, 0.25) is 0 Å². The molecule has 1 aliphatic heterocycles. The maximum Gasteiger partial charge on any atom is 0.123 e. The monoisotopic (exact) mass is 273 g/mol. The van der Waals surface area contributed by atoms with Crippen LogP contribution >= 0.6 is 0 Å². The molecule has 2 aromatic rings. The molecule has 0 fully saturated rings. The Kier molecular flexibility index (Phi) is 3.13. The van der Waals surface area contributed by atoms with Gasteiger partial charge in [-0.15, -0.1) is 0 Å². The lowest BCUT2D eigenvalue weighted by atomic mass is 9.88. The van der Waals surface area contributed by atoms with E-state index in [1.807, 2.05) is 4.68 Å². The molecule has 0 atom stereocenters. The van der Waals surface area contributed by atoms with Gasteiger partial charge < -0.3 is 5.32 Å². The maximum atomic E-state index is 13.1. The molecule has 0 amide bonds. The zero-order chi connectivity index (χ0) is 14.3. The Morgan fingerprint density at radius 3 is 2.55 bits per heavy atom. The summed E-state index contributed by atoms with van der Waals surface area (Å²) in [5.74, 6) is -0.215. The van der Waals surface area contributed by atoms with Gasteiger partial charge in [0.05, 0.1) is 17.1 Å². The number of fused-ring (bicyclic) bond motifs is 1. The van der Waals surface area contributed by atoms with Crippen LogP contribution < -0.4 is 5.32 Å². The molecule has 0 unspecified atom stereocenters. The predicted octanol–water partition coefficient (Wildman–Crippen LogP) is 2.95. The molecule has 1 N–H and O–H groups in total. The number of hydrogen-bond acceptors (Lipinski definition) is 2. The lowest BCUT2D eigenvalue weighted by Crippen LogP contribution is -2.26. The van der Waals surface area contributed by atoms with Crippen LogP contribution in [0, 0.1) is 5.82 Å². The third-order valence-corrected chi connectivity index (χ3v) is 3.71. The first kappa shape index (κ1) is 13.3. The molecule has 106 valence electrons. The van der Waals surface area contributed by atoms with Gasteiger partial charge in [-0.05, 0) is 24.3 Å². The predicted molar refractivity (Wildman–Crippen MR) is 77.6 cm³/mol. The zero-order valence-electron chi connectivity index (χ0n) is 12.2. The maximum absolute atomic E-state index is 13.1. The van der Waals surface area contributed by atoms with Crippen molar-refractivity contribution in [2.24, 2.45) is 0 Å². The van der Waals surface area contributed by atoms with Gasteiger partial charge in [-0.1, -0.05) is 20.8 Å². The highest BCUT2D eigenvalue weighted by atomic mass is 19.1. The van der Waals surface area contributed by atoms with Crippen molar-refractivity contribution >= 4 is 0 Å². The van der Waals surface area contributed by atoms with Crippen LogP contribution in [0.25, 0.3) is 5.69 Å². The zero-order valence-corrected chi connectivity index (χ0v) is 12.2. The minimum atomic E-state index is -0.215. The van der Waals surface area contributed by atoms with E-state index < -0.39 is 0 Å². The Morgan fingerprint density at radius 2 is 1.90 bits per heavy atom. The van der Waals surface area contributed by atoms with Crippen molar-refractivity contribution in [3.05, 3.63) is 47.0 Å². The van der Waals surface area contributed by atoms with E-state index in [0.29, 0.717) is 0 Å². The molecule has 1 aromatic carbocycles. The molecule has 1 aromatic heterocycles. The fraction of sp³-hybridized carbons (Fsp3) is 0.438. The summed E-state index contributed by atoms with van der Waals surface area (Å²) in [7, 11) is 0. The summed E-state index contributed by atoms with van der Waals surface area (Å²) in [6, 6.07) is 6.55. The number of aromatic nitrogens is 2. The summed E-state index contributed by atoms with van der Waals surface area (Å²) in [5.41, 5.74) is 4.62. The molecule has 2 heterocycles. The minimum Gasteiger partial charge on any atom is -0.312 e. The third-order valence-electron chi connectivity index (χ3n) is 3.71. The minimum absolute atomic E-state index is 0.00832. The summed E-state index contributed by atoms with van der Waals surface area (Å²) < 4.78 is 15.1. The second kappa shape index (κ2) is 4.70. The number of nitrogens with one attached hydrogen (secondary N) is 1. The molecule has 0 radical (unpaired) electrons. The number of rotatable bonds is 1. The standard InChI is InChI=1S/C16H20FN3/c1-16(2,3)15-13-10-18-9-8-14(13)20(19-15)12-6-4-11(17)5-7-12/h4-7,18H,8-10H2,1-3H3. The molecule has 0 bridgehead atoms. The average Bonchev–Trinajstić information content (AvgIpc) is 2.79. The molecule has 0 spiro atoms. The Bertz CT molecular complexity index is 620. The molecule has 3 nitrogen and oxygen atoms in total. The summed E-state index contributed by atoms with van der Waals surface area (Å²) in [6.07, 6.45) is 0.954. The first-order valence-electron chi connectivity index (χ1n) is 7.05. The normalized spacial score (nSPS) is 15.2. The number of benzene rings is 1. The van der Waals surface area contributed by atoms with Crippen LogP contribution in [0.3, 0.4) is 0 Å². The highest BCUT2D eigenvalue weighted by molar-refractivity contribution is 5.40. The Balaban J connectivity index is 2.16. The van der Waals surface area contributed by atoms with Gasteiger partial charge in [-0.3, -0.25) is 0 Å². The van der Waals surface area contributed by atoms with E-state index in [2.05, 4.69) is 26.1 Å². The summed E-state index contributed by atoms with van der Waals surface area (Å²) in [4.78, 5) is 0. The Labute approximate surface area is 118 Å². The van der Waals surface area contributed by atoms with Crippen LogP contribution in [0.15, 0.2) is 24.3 Å². The van der Waals surface area contributed by atoms with Crippen molar-refractivity contribution in [2.45, 2.75) is 39.2 Å². The van der Waals surface area contributed by atoms with Crippen molar-refractivity contribution in [2.75, 3.05) is 6.54 Å². The fourth-order valence-corrected chi connectivity index (χ4v) is 2.75. The molecule has 0 saturated heterocycles. The third kappa shape index (κ3) is 2.24. The summed E-state index contributed by atoms with van der Waals surface area (Å²) in [6.45, 7) is 8.37. The lowest BCUT2D eigenvalue weighted by molar-refractivity contribution is 0.548. The van der Waals surface area contributed by atoms with Gasteiger partial charge in [0.25, 0.3) is 0 Å². The highest BCUT2D eigenvalue weighted by Gasteiger charge is 2.28. The van der Waals surface area contributed by atoms with E-state index >= 15 is 0 Å². The van der Waals surface area contributed by atoms with Crippen LogP contribution in [-0.4, -0.2) is 16.3 Å². The van der Waals surface area contributed by atoms with Gasteiger partial charge in [-0.2, -0.15) is 5.10 Å². The number of nitrogens with zero attached hydrogens (tertiary/aromatic N) is 2. The fourth-order valence-electron chi connectivity index (χ4n) is 2.75. The SMILES string of the molecule is CC(C)(C)c1nn(-c2ccc(F)cc2)c2c1CNCC2. The molecule has 0 aliphatic carbocycles. The molecular weight excluding hydrogens is 253 g/mol. The topological polar surface area (TPSA) is 29.9 Å². The first-order chi connectivity index (χ1) is 9.47. The van der Waals surface area contributed by atoms with Crippen LogP contribution in [0.4, 0.5) is 4.39 Å². The van der Waals surface area contributed by atoms with Crippen molar-refractivity contribution in [3.63, 3.8) is 0 Å². The summed E-state index contributed by atoms with van der Waals surface area (Å²) in [5, 5.41) is 8.23. The van der Waals surface area contributed by atoms with Gasteiger partial charge in [-0.25, -0.2) is 9.07 Å². The molecule has 4 heteroatoms. The van der Waals surface area contributed by atoms with Gasteiger partial charge >= 0.3 is 0 Å². The lowest BCUT2D eigenvalue weighted by Gasteiger charge is -2.20. The quantitative estimate of drug-likeness (QED) is 0.865. The largest absolute Gasteiger partial charge is 0.312 e. The van der Waals surface area contributed by atoms with E-state index in [1.165, 1.54) is 23.4 Å². The van der Waals surface area contributed by atoms with E-state index in [9.17, 15) is 4.39 Å². The summed E-state index contributed by atoms with van der Waals surface area (Å²) >= 11 is 0. The van der Waals surface area contributed by atoms with E-state index in [-0.39, 0.29) is 11.2 Å². The van der Waals surface area contributed by atoms with Crippen molar-refractivity contribution in [3.8, 4) is 5.69 Å². The molecule has 0 saturated carbocycles. The average molecular weight is 273 g/mol. The second-order valence-corrected chi connectivity index (χ2v) is 6.34. The number of halogens is 1. The molecule has 1 aliphatic rings. The molecule has 20 heavy (non-hydrogen) atoms. The second-order valence-electron chi connectivity index (χ2n) is 6.34. The first-order valence-corrected chi connectivity index (χ1v) is 7.05. The van der Waals surface area contributed by atoms with Crippen molar-refractivity contribution < 1.29 is 4.39 Å². The molecular formula is C16H20FN3. The van der Waals surface area contributed by atoms with Crippen molar-refractivity contribution in [1.82, 2.24) is 15.1 Å². The Hall–Kier alpha value is -1.68. The van der Waals surface area contributed by atoms with Crippen LogP contribution in [0.1, 0.15) is 37.7 Å². The van der Waals surface area contributed by atoms with Gasteiger partial charge in [0, 0.05) is 30.5 Å². The van der Waals surface area contributed by atoms with Crippen LogP contribution in [-0.2, 0) is 18.4 Å². The van der Waals surface area contributed by atoms with Crippen molar-refractivity contribution in [1.29, 1.82) is 0 Å². The number of hydrogen-bond donors (Lipinski definition) is 1. The van der Waals surface area contributed by atoms with E-state index in [4.69, 9.17) is 5.10 Å². The van der Waals surface area contributed by atoms with E-state index in [0.717, 1.165) is 30.9 Å². The van der Waals surface area contributed by atoms with Gasteiger partial charge in [0.1, 0.15) is 5.82 Å². The Morgan fingerprint density at radius 1 is 1.20 bits per heavy atom. The van der Waals surface area contributed by atoms with Gasteiger partial charge in [0.15, 0.2) is 0 Å². The van der Waals surface area contributed by atoms with Crippen LogP contribution in [0.5, 0.6) is 0 Å². The van der Waals surface area contributed by atoms with E-state index in [1.54, 1.807) is 12.1 Å². The molecule has 3 rings (SSSR count). The smallest absolute Gasteiger partial charge is 0.123 e.